The summed E-state index contributed by atoms with van der Waals surface area (Å²) >= 11 is 1.89. The topological polar surface area (TPSA) is 29.9 Å². The second kappa shape index (κ2) is 4.15. The lowest BCUT2D eigenvalue weighted by Gasteiger charge is -2.07. The zero-order chi connectivity index (χ0) is 9.10. The van der Waals surface area contributed by atoms with Gasteiger partial charge in [0.15, 0.2) is 0 Å². The fraction of sp³-hybridized carbons (Fsp3) is 0.667. The first-order valence-electron chi connectivity index (χ1n) is 4.69. The quantitative estimate of drug-likeness (QED) is 0.740. The highest BCUT2D eigenvalue weighted by molar-refractivity contribution is 7.99. The molecule has 2 heterocycles. The van der Waals surface area contributed by atoms with Crippen LogP contribution in [0.1, 0.15) is 12.8 Å². The minimum absolute atomic E-state index is 0.713. The second-order valence-corrected chi connectivity index (χ2v) is 4.55. The predicted molar refractivity (Wildman–Crippen MR) is 55.0 cm³/mol. The molecule has 2 rings (SSSR count). The fourth-order valence-corrected chi connectivity index (χ4v) is 2.60. The van der Waals surface area contributed by atoms with Crippen molar-refractivity contribution in [2.75, 3.05) is 12.3 Å². The molecule has 1 aromatic rings. The van der Waals surface area contributed by atoms with Crippen LogP contribution in [0, 0.1) is 0 Å². The molecule has 72 valence electrons. The van der Waals surface area contributed by atoms with Crippen LogP contribution in [0.2, 0.25) is 0 Å². The first kappa shape index (κ1) is 9.09. The van der Waals surface area contributed by atoms with Crippen LogP contribution < -0.4 is 5.32 Å². The lowest BCUT2D eigenvalue weighted by atomic mass is 10.3. The molecule has 3 nitrogen and oxygen atoms in total. The van der Waals surface area contributed by atoms with Gasteiger partial charge in [0.2, 0.25) is 0 Å². The van der Waals surface area contributed by atoms with Gasteiger partial charge in [-0.05, 0) is 19.4 Å². The molecule has 0 spiro atoms. The van der Waals surface area contributed by atoms with Gasteiger partial charge in [-0.1, -0.05) is 0 Å². The summed E-state index contributed by atoms with van der Waals surface area (Å²) in [6.07, 6.45) is 6.66. The van der Waals surface area contributed by atoms with E-state index in [1.165, 1.54) is 30.0 Å². The molecule has 0 radical (unpaired) electrons. The summed E-state index contributed by atoms with van der Waals surface area (Å²) in [7, 11) is 1.96. The van der Waals surface area contributed by atoms with E-state index in [1.54, 1.807) is 0 Å². The van der Waals surface area contributed by atoms with E-state index in [-0.39, 0.29) is 0 Å². The molecule has 1 aliphatic rings. The van der Waals surface area contributed by atoms with E-state index in [9.17, 15) is 0 Å². The molecule has 0 amide bonds. The molecule has 1 saturated heterocycles. The molecule has 0 saturated carbocycles. The van der Waals surface area contributed by atoms with Crippen LogP contribution in [0.3, 0.4) is 0 Å². The smallest absolute Gasteiger partial charge is 0.0625 e. The van der Waals surface area contributed by atoms with Crippen molar-refractivity contribution in [1.29, 1.82) is 0 Å². The Labute approximate surface area is 82.9 Å². The third-order valence-electron chi connectivity index (χ3n) is 2.29. The lowest BCUT2D eigenvalue weighted by Crippen LogP contribution is -2.23. The van der Waals surface area contributed by atoms with E-state index < -0.39 is 0 Å². The Morgan fingerprint density at radius 3 is 3.31 bits per heavy atom. The molecular formula is C9H15N3S. The average molecular weight is 197 g/mol. The van der Waals surface area contributed by atoms with Crippen molar-refractivity contribution in [1.82, 2.24) is 15.1 Å². The Kier molecular flexibility index (Phi) is 2.90. The number of hydrogen-bond acceptors (Lipinski definition) is 3. The van der Waals surface area contributed by atoms with Gasteiger partial charge in [-0.2, -0.15) is 5.10 Å². The van der Waals surface area contributed by atoms with Crippen molar-refractivity contribution in [2.24, 2.45) is 7.05 Å². The molecular weight excluding hydrogens is 182 g/mol. The van der Waals surface area contributed by atoms with E-state index >= 15 is 0 Å². The van der Waals surface area contributed by atoms with E-state index in [0.717, 1.165) is 0 Å². The largest absolute Gasteiger partial charge is 0.313 e. The summed E-state index contributed by atoms with van der Waals surface area (Å²) < 4.78 is 1.85. The Morgan fingerprint density at radius 1 is 1.77 bits per heavy atom. The highest BCUT2D eigenvalue weighted by Crippen LogP contribution is 2.20. The van der Waals surface area contributed by atoms with Crippen molar-refractivity contribution >= 4 is 11.8 Å². The molecule has 0 aliphatic carbocycles. The number of nitrogens with zero attached hydrogens (tertiary/aromatic N) is 2. The number of aromatic nitrogens is 2. The summed E-state index contributed by atoms with van der Waals surface area (Å²) in [5.74, 6) is 1.17. The zero-order valence-electron chi connectivity index (χ0n) is 7.86. The van der Waals surface area contributed by atoms with Crippen molar-refractivity contribution in [3.63, 3.8) is 0 Å². The van der Waals surface area contributed by atoms with E-state index in [0.29, 0.717) is 6.04 Å². The molecule has 1 aliphatic heterocycles. The minimum atomic E-state index is 0.713. The summed E-state index contributed by atoms with van der Waals surface area (Å²) in [6, 6.07) is 0.713. The summed E-state index contributed by atoms with van der Waals surface area (Å²) in [5, 5.41) is 7.62. The van der Waals surface area contributed by atoms with E-state index in [1.807, 2.05) is 29.7 Å². The van der Waals surface area contributed by atoms with Crippen LogP contribution in [-0.2, 0) is 7.05 Å². The van der Waals surface area contributed by atoms with Crippen molar-refractivity contribution < 1.29 is 0 Å². The summed E-state index contributed by atoms with van der Waals surface area (Å²) in [5.41, 5.74) is 0. The first-order chi connectivity index (χ1) is 6.34. The maximum absolute atomic E-state index is 4.14. The maximum atomic E-state index is 4.14. The van der Waals surface area contributed by atoms with Crippen molar-refractivity contribution in [3.8, 4) is 0 Å². The van der Waals surface area contributed by atoms with E-state index in [4.69, 9.17) is 0 Å². The second-order valence-electron chi connectivity index (χ2n) is 3.45. The van der Waals surface area contributed by atoms with Gasteiger partial charge in [-0.3, -0.25) is 4.68 Å². The Morgan fingerprint density at radius 2 is 2.69 bits per heavy atom. The standard InChI is InChI=1S/C9H15N3S/c1-12-6-9(5-11-12)13-7-8-3-2-4-10-8/h5-6,8,10H,2-4,7H2,1H3. The molecule has 1 unspecified atom stereocenters. The third kappa shape index (κ3) is 2.48. The van der Waals surface area contributed by atoms with Gasteiger partial charge in [0, 0.05) is 29.9 Å². The molecule has 1 aromatic heterocycles. The van der Waals surface area contributed by atoms with Gasteiger partial charge >= 0.3 is 0 Å². The number of hydrogen-bond donors (Lipinski definition) is 1. The zero-order valence-corrected chi connectivity index (χ0v) is 8.68. The molecule has 1 N–H and O–H groups in total. The number of aryl methyl sites for hydroxylation is 1. The summed E-state index contributed by atoms with van der Waals surface area (Å²) in [4.78, 5) is 1.27. The Hall–Kier alpha value is -0.480. The van der Waals surface area contributed by atoms with Gasteiger partial charge in [-0.15, -0.1) is 11.8 Å². The van der Waals surface area contributed by atoms with Crippen LogP contribution in [0.4, 0.5) is 0 Å². The van der Waals surface area contributed by atoms with E-state index in [2.05, 4.69) is 16.6 Å². The SMILES string of the molecule is Cn1cc(SCC2CCCN2)cn1. The molecule has 1 atom stereocenters. The van der Waals surface area contributed by atoms with Crippen LogP contribution in [0.15, 0.2) is 17.3 Å². The van der Waals surface area contributed by atoms with Gasteiger partial charge < -0.3 is 5.32 Å². The fourth-order valence-electron chi connectivity index (χ4n) is 1.57. The highest BCUT2D eigenvalue weighted by atomic mass is 32.2. The van der Waals surface area contributed by atoms with Gasteiger partial charge in [0.05, 0.1) is 6.20 Å². The normalized spacial score (nSPS) is 22.4. The van der Waals surface area contributed by atoms with Crippen molar-refractivity contribution in [2.45, 2.75) is 23.8 Å². The predicted octanol–water partition coefficient (Wildman–Crippen LogP) is 1.26. The van der Waals surface area contributed by atoms with Crippen LogP contribution in [-0.4, -0.2) is 28.1 Å². The first-order valence-corrected chi connectivity index (χ1v) is 5.68. The van der Waals surface area contributed by atoms with Gasteiger partial charge in [0.1, 0.15) is 0 Å². The third-order valence-corrected chi connectivity index (χ3v) is 3.41. The van der Waals surface area contributed by atoms with Gasteiger partial charge in [-0.25, -0.2) is 0 Å². The Balaban J connectivity index is 1.78. The van der Waals surface area contributed by atoms with Crippen LogP contribution in [0.25, 0.3) is 0 Å². The molecule has 4 heteroatoms. The molecule has 13 heavy (non-hydrogen) atoms. The minimum Gasteiger partial charge on any atom is -0.313 e. The number of rotatable bonds is 3. The summed E-state index contributed by atoms with van der Waals surface area (Å²) in [6.45, 7) is 1.19. The van der Waals surface area contributed by atoms with Crippen LogP contribution in [0.5, 0.6) is 0 Å². The number of thioether (sulfide) groups is 1. The average Bonchev–Trinajstić information content (AvgIpc) is 2.71. The monoisotopic (exact) mass is 197 g/mol. The van der Waals surface area contributed by atoms with Gasteiger partial charge in [0.25, 0.3) is 0 Å². The number of nitrogens with one attached hydrogen (secondary N) is 1. The molecule has 0 bridgehead atoms. The maximum Gasteiger partial charge on any atom is 0.0625 e. The highest BCUT2D eigenvalue weighted by Gasteiger charge is 2.13. The lowest BCUT2D eigenvalue weighted by molar-refractivity contribution is 0.674. The Bertz CT molecular complexity index is 266. The molecule has 1 fully saturated rings. The molecule has 0 aromatic carbocycles. The van der Waals surface area contributed by atoms with Crippen LogP contribution >= 0.6 is 11.8 Å². The van der Waals surface area contributed by atoms with Crippen molar-refractivity contribution in [3.05, 3.63) is 12.4 Å².